The second kappa shape index (κ2) is 10.3. The molecule has 0 radical (unpaired) electrons. The molecule has 2 aromatic carbocycles. The fourth-order valence-corrected chi connectivity index (χ4v) is 2.54. The molecule has 26 heavy (non-hydrogen) atoms. The Labute approximate surface area is 165 Å². The minimum Gasteiger partial charge on any atom is -0.491 e. The third-order valence-electron chi connectivity index (χ3n) is 3.46. The van der Waals surface area contributed by atoms with E-state index >= 15 is 0 Å². The predicted octanol–water partition coefficient (Wildman–Crippen LogP) is 6.92. The van der Waals surface area contributed by atoms with Gasteiger partial charge in [0.05, 0.1) is 6.10 Å². The number of halogens is 2. The highest BCUT2D eigenvalue weighted by molar-refractivity contribution is 6.55. The molecule has 2 aromatic rings. The maximum Gasteiger partial charge on any atom is 0.127 e. The maximum atomic E-state index is 5.96. The van der Waals surface area contributed by atoms with Gasteiger partial charge in [0.15, 0.2) is 0 Å². The van der Waals surface area contributed by atoms with Crippen LogP contribution in [0.3, 0.4) is 0 Å². The summed E-state index contributed by atoms with van der Waals surface area (Å²) in [4.78, 5) is 0. The van der Waals surface area contributed by atoms with Crippen LogP contribution in [-0.2, 0) is 6.42 Å². The Bertz CT molecular complexity index is 721. The molecule has 140 valence electrons. The lowest BCUT2D eigenvalue weighted by molar-refractivity contribution is 0.242. The van der Waals surface area contributed by atoms with E-state index in [-0.39, 0.29) is 10.6 Å². The molecule has 0 aliphatic heterocycles. The highest BCUT2D eigenvalue weighted by Gasteiger charge is 2.07. The van der Waals surface area contributed by atoms with Crippen LogP contribution in [0.2, 0.25) is 0 Å². The fourth-order valence-electron chi connectivity index (χ4n) is 2.41. The lowest BCUT2D eigenvalue weighted by Gasteiger charge is -2.13. The van der Waals surface area contributed by atoms with Gasteiger partial charge in [-0.1, -0.05) is 36.5 Å². The molecule has 0 amide bonds. The van der Waals surface area contributed by atoms with Crippen molar-refractivity contribution in [2.45, 2.75) is 39.7 Å². The van der Waals surface area contributed by atoms with Crippen LogP contribution in [0.1, 0.15) is 32.8 Å². The summed E-state index contributed by atoms with van der Waals surface area (Å²) in [6.07, 6.45) is 3.66. The molecule has 0 aromatic heterocycles. The Morgan fingerprint density at radius 1 is 1.00 bits per heavy atom. The van der Waals surface area contributed by atoms with Gasteiger partial charge in [0.2, 0.25) is 0 Å². The molecule has 2 rings (SSSR count). The second-order valence-corrected chi connectivity index (χ2v) is 7.07. The van der Waals surface area contributed by atoms with Crippen molar-refractivity contribution in [3.63, 3.8) is 0 Å². The smallest absolute Gasteiger partial charge is 0.127 e. The van der Waals surface area contributed by atoms with E-state index in [1.807, 2.05) is 56.3 Å². The van der Waals surface area contributed by atoms with Crippen molar-refractivity contribution in [1.82, 2.24) is 0 Å². The Morgan fingerprint density at radius 2 is 1.65 bits per heavy atom. The molecule has 0 saturated heterocycles. The summed E-state index contributed by atoms with van der Waals surface area (Å²) in [6, 6.07) is 13.4. The summed E-state index contributed by atoms with van der Waals surface area (Å²) in [5.41, 5.74) is 1.09. The summed E-state index contributed by atoms with van der Waals surface area (Å²) in [5.74, 6) is 3.16. The van der Waals surface area contributed by atoms with Crippen molar-refractivity contribution in [2.24, 2.45) is 0 Å². The maximum absolute atomic E-state index is 5.96. The Balaban J connectivity index is 2.09. The highest BCUT2D eigenvalue weighted by Crippen LogP contribution is 2.30. The Hall–Kier alpha value is -1.84. The summed E-state index contributed by atoms with van der Waals surface area (Å²) in [7, 11) is 0. The zero-order valence-electron chi connectivity index (χ0n) is 15.3. The lowest BCUT2D eigenvalue weighted by Crippen LogP contribution is -2.05. The van der Waals surface area contributed by atoms with Gasteiger partial charge in [-0.3, -0.25) is 0 Å². The first-order valence-electron chi connectivity index (χ1n) is 8.69. The molecule has 0 unspecified atom stereocenters. The number of rotatable bonds is 9. The molecule has 0 fully saturated rings. The average molecular weight is 395 g/mol. The third kappa shape index (κ3) is 6.81. The molecule has 0 bridgehead atoms. The van der Waals surface area contributed by atoms with Crippen molar-refractivity contribution in [1.29, 1.82) is 0 Å². The topological polar surface area (TPSA) is 27.7 Å². The van der Waals surface area contributed by atoms with Crippen LogP contribution in [0.4, 0.5) is 0 Å². The van der Waals surface area contributed by atoms with Crippen LogP contribution in [0, 0.1) is 0 Å². The molecular formula is C21H24Cl2O3. The molecule has 0 N–H and O–H groups in total. The monoisotopic (exact) mass is 394 g/mol. The second-order valence-electron chi connectivity index (χ2n) is 6.06. The third-order valence-corrected chi connectivity index (χ3v) is 3.77. The lowest BCUT2D eigenvalue weighted by atomic mass is 10.1. The van der Waals surface area contributed by atoms with Gasteiger partial charge in [-0.05, 0) is 74.4 Å². The molecular weight excluding hydrogens is 371 g/mol. The summed E-state index contributed by atoms with van der Waals surface area (Å²) in [6.45, 7) is 6.46. The SMILES string of the molecule is CCCc1cc(Oc2ccc(OC(C)C)cc2)ccc1OCC=C(Cl)Cl. The molecule has 0 aliphatic rings. The van der Waals surface area contributed by atoms with Gasteiger partial charge in [0.25, 0.3) is 0 Å². The van der Waals surface area contributed by atoms with E-state index in [0.29, 0.717) is 6.61 Å². The van der Waals surface area contributed by atoms with Crippen LogP contribution < -0.4 is 14.2 Å². The highest BCUT2D eigenvalue weighted by atomic mass is 35.5. The van der Waals surface area contributed by atoms with Crippen LogP contribution in [0.5, 0.6) is 23.0 Å². The first-order chi connectivity index (χ1) is 12.5. The first-order valence-corrected chi connectivity index (χ1v) is 9.45. The van der Waals surface area contributed by atoms with Gasteiger partial charge < -0.3 is 14.2 Å². The molecule has 0 aliphatic carbocycles. The van der Waals surface area contributed by atoms with Crippen LogP contribution in [0.15, 0.2) is 53.0 Å². The Kier molecular flexibility index (Phi) is 8.14. The standard InChI is InChI=1S/C21H24Cl2O3/c1-4-5-16-14-19(10-11-20(16)24-13-12-21(22)23)26-18-8-6-17(7-9-18)25-15(2)3/h6-12,14-15H,4-5,13H2,1-3H3. The number of aryl methyl sites for hydroxylation is 1. The largest absolute Gasteiger partial charge is 0.491 e. The van der Waals surface area contributed by atoms with Crippen LogP contribution in [0.25, 0.3) is 0 Å². The molecule has 0 atom stereocenters. The van der Waals surface area contributed by atoms with Gasteiger partial charge in [-0.15, -0.1) is 0 Å². The Morgan fingerprint density at radius 3 is 2.27 bits per heavy atom. The minimum atomic E-state index is 0.148. The van der Waals surface area contributed by atoms with E-state index in [2.05, 4.69) is 6.92 Å². The zero-order chi connectivity index (χ0) is 18.9. The van der Waals surface area contributed by atoms with Gasteiger partial charge in [0, 0.05) is 0 Å². The summed E-state index contributed by atoms with van der Waals surface area (Å²) >= 11 is 11.2. The van der Waals surface area contributed by atoms with E-state index in [1.165, 1.54) is 0 Å². The van der Waals surface area contributed by atoms with Crippen molar-refractivity contribution in [3.05, 3.63) is 58.6 Å². The molecule has 3 nitrogen and oxygen atoms in total. The van der Waals surface area contributed by atoms with Crippen LogP contribution in [-0.4, -0.2) is 12.7 Å². The van der Waals surface area contributed by atoms with Gasteiger partial charge in [-0.2, -0.15) is 0 Å². The minimum absolute atomic E-state index is 0.148. The van der Waals surface area contributed by atoms with Crippen molar-refractivity contribution in [3.8, 4) is 23.0 Å². The fraction of sp³-hybridized carbons (Fsp3) is 0.333. The first kappa shape index (κ1) is 20.5. The summed E-state index contributed by atoms with van der Waals surface area (Å²) in [5, 5.41) is 0. The number of ether oxygens (including phenoxy) is 3. The molecule has 0 saturated carbocycles. The average Bonchev–Trinajstić information content (AvgIpc) is 2.58. The van der Waals surface area contributed by atoms with Crippen molar-refractivity contribution >= 4 is 23.2 Å². The van der Waals surface area contributed by atoms with E-state index in [4.69, 9.17) is 37.4 Å². The van der Waals surface area contributed by atoms with E-state index in [1.54, 1.807) is 6.08 Å². The quantitative estimate of drug-likeness (QED) is 0.461. The molecule has 5 heteroatoms. The van der Waals surface area contributed by atoms with Gasteiger partial charge in [0.1, 0.15) is 34.1 Å². The normalized spacial score (nSPS) is 10.5. The summed E-state index contributed by atoms with van der Waals surface area (Å²) < 4.78 is 17.5. The van der Waals surface area contributed by atoms with E-state index in [0.717, 1.165) is 41.4 Å². The van der Waals surface area contributed by atoms with Gasteiger partial charge >= 0.3 is 0 Å². The number of hydrogen-bond donors (Lipinski definition) is 0. The number of hydrogen-bond acceptors (Lipinski definition) is 3. The predicted molar refractivity (Wildman–Crippen MR) is 108 cm³/mol. The van der Waals surface area contributed by atoms with Crippen molar-refractivity contribution < 1.29 is 14.2 Å². The van der Waals surface area contributed by atoms with Crippen LogP contribution >= 0.6 is 23.2 Å². The number of benzene rings is 2. The van der Waals surface area contributed by atoms with E-state index in [9.17, 15) is 0 Å². The molecule has 0 spiro atoms. The molecule has 0 heterocycles. The van der Waals surface area contributed by atoms with E-state index < -0.39 is 0 Å². The van der Waals surface area contributed by atoms with Gasteiger partial charge in [-0.25, -0.2) is 0 Å². The zero-order valence-corrected chi connectivity index (χ0v) is 16.8. The van der Waals surface area contributed by atoms with Crippen molar-refractivity contribution in [2.75, 3.05) is 6.61 Å².